The monoisotopic (exact) mass is 492 g/mol. The number of piperazine rings is 1. The van der Waals surface area contributed by atoms with Gasteiger partial charge in [0, 0.05) is 32.4 Å². The minimum Gasteiger partial charge on any atom is -0.361 e. The molecule has 0 radical (unpaired) electrons. The molecule has 1 saturated heterocycles. The number of hydrogen-bond donors (Lipinski definition) is 2. The van der Waals surface area contributed by atoms with Gasteiger partial charge in [0.15, 0.2) is 0 Å². The largest absolute Gasteiger partial charge is 0.361 e. The molecular formula is C23H33FN6OS2. The molecule has 2 aromatic rings. The van der Waals surface area contributed by atoms with Gasteiger partial charge in [-0.05, 0) is 44.5 Å². The molecule has 33 heavy (non-hydrogen) atoms. The number of aryl methyl sites for hydroxylation is 3. The molecule has 0 aromatic carbocycles. The summed E-state index contributed by atoms with van der Waals surface area (Å²) in [5, 5.41) is 9.46. The third-order valence-corrected chi connectivity index (χ3v) is 5.85. The Labute approximate surface area is 205 Å². The van der Waals surface area contributed by atoms with Crippen LogP contribution in [0.25, 0.3) is 5.70 Å². The normalized spacial score (nSPS) is 12.6. The molecule has 1 amide bonds. The van der Waals surface area contributed by atoms with Gasteiger partial charge in [-0.3, -0.25) is 14.2 Å². The highest BCUT2D eigenvalue weighted by molar-refractivity contribution is 8.02. The molecule has 2 N–H and O–H groups in total. The number of halogens is 1. The molecule has 10 heteroatoms. The number of terminal acetylenes is 1. The Balaban J connectivity index is 0.000000710. The quantitative estimate of drug-likeness (QED) is 0.199. The smallest absolute Gasteiger partial charge is 0.209 e. The zero-order valence-corrected chi connectivity index (χ0v) is 21.3. The second-order valence-corrected chi connectivity index (χ2v) is 8.47. The third-order valence-electron chi connectivity index (χ3n) is 4.05. The molecule has 1 fully saturated rings. The van der Waals surface area contributed by atoms with Crippen LogP contribution in [0, 0.1) is 33.6 Å². The van der Waals surface area contributed by atoms with Crippen LogP contribution in [0.4, 0.5) is 10.2 Å². The Morgan fingerprint density at radius 1 is 1.33 bits per heavy atom. The number of aromatic nitrogens is 2. The van der Waals surface area contributed by atoms with Crippen LogP contribution in [-0.4, -0.2) is 67.2 Å². The maximum atomic E-state index is 10.1. The van der Waals surface area contributed by atoms with Crippen molar-refractivity contribution in [2.45, 2.75) is 20.8 Å². The summed E-state index contributed by atoms with van der Waals surface area (Å²) in [6.07, 6.45) is 10.8. The number of carbonyl (C=O) groups is 1. The Bertz CT molecular complexity index is 862. The molecule has 1 aliphatic heterocycles. The summed E-state index contributed by atoms with van der Waals surface area (Å²) in [5.41, 5.74) is 3.04. The number of rotatable bonds is 7. The van der Waals surface area contributed by atoms with Crippen molar-refractivity contribution in [2.75, 3.05) is 44.6 Å². The number of hydrogen-bond acceptors (Lipinski definition) is 8. The van der Waals surface area contributed by atoms with Crippen molar-refractivity contribution in [3.63, 3.8) is 0 Å². The lowest BCUT2D eigenvalue weighted by Crippen LogP contribution is -2.42. The zero-order valence-electron chi connectivity index (χ0n) is 19.7. The molecule has 2 aromatic heterocycles. The van der Waals surface area contributed by atoms with Gasteiger partial charge in [0.25, 0.3) is 0 Å². The fourth-order valence-electron chi connectivity index (χ4n) is 2.53. The molecule has 3 rings (SSSR count). The topological polar surface area (TPSA) is 82.5 Å². The van der Waals surface area contributed by atoms with E-state index in [4.69, 9.17) is 0 Å². The fourth-order valence-corrected chi connectivity index (χ4v) is 4.17. The molecular weight excluding hydrogens is 459 g/mol. The molecule has 7 nitrogen and oxygen atoms in total. The highest BCUT2D eigenvalue weighted by Gasteiger charge is 2.08. The lowest BCUT2D eigenvalue weighted by molar-refractivity contribution is -0.118. The number of nitrogens with one attached hydrogen (secondary N) is 2. The average Bonchev–Trinajstić information content (AvgIpc) is 3.21. The van der Waals surface area contributed by atoms with E-state index in [1.54, 1.807) is 28.0 Å². The number of thiazole rings is 1. The minimum absolute atomic E-state index is 0.500. The number of amides is 1. The van der Waals surface area contributed by atoms with Gasteiger partial charge < -0.3 is 15.5 Å². The predicted molar refractivity (Wildman–Crippen MR) is 142 cm³/mol. The number of nitrogens with zero attached hydrogens (tertiary/aromatic N) is 4. The van der Waals surface area contributed by atoms with E-state index in [0.29, 0.717) is 7.18 Å². The summed E-state index contributed by atoms with van der Waals surface area (Å²) in [7, 11) is 0.500. The summed E-state index contributed by atoms with van der Waals surface area (Å²) >= 11 is 3.27. The average molecular weight is 493 g/mol. The number of anilines is 1. The molecule has 1 aliphatic rings. The van der Waals surface area contributed by atoms with Crippen LogP contribution in [0.3, 0.4) is 0 Å². The first-order valence-corrected chi connectivity index (χ1v) is 11.9. The molecule has 0 spiro atoms. The third kappa shape index (κ3) is 12.2. The van der Waals surface area contributed by atoms with E-state index in [9.17, 15) is 9.18 Å². The maximum Gasteiger partial charge on any atom is 0.209 e. The van der Waals surface area contributed by atoms with Crippen molar-refractivity contribution in [2.24, 2.45) is 4.99 Å². The molecule has 0 atom stereocenters. The van der Waals surface area contributed by atoms with Gasteiger partial charge in [-0.15, -0.1) is 35.9 Å². The first kappa shape index (κ1) is 30.3. The van der Waals surface area contributed by atoms with Gasteiger partial charge in [-0.1, -0.05) is 6.07 Å². The Kier molecular flexibility index (Phi) is 17.2. The lowest BCUT2D eigenvalue weighted by atomic mass is 10.3. The van der Waals surface area contributed by atoms with E-state index in [-0.39, 0.29) is 0 Å². The minimum atomic E-state index is 0.500. The maximum absolute atomic E-state index is 10.1. The van der Waals surface area contributed by atoms with E-state index in [2.05, 4.69) is 45.2 Å². The van der Waals surface area contributed by atoms with Crippen LogP contribution in [-0.2, 0) is 4.79 Å². The van der Waals surface area contributed by atoms with Crippen molar-refractivity contribution in [3.05, 3.63) is 44.9 Å². The van der Waals surface area contributed by atoms with E-state index >= 15 is 0 Å². The van der Waals surface area contributed by atoms with Crippen molar-refractivity contribution in [1.29, 1.82) is 0 Å². The molecule has 0 saturated carbocycles. The predicted octanol–water partition coefficient (Wildman–Crippen LogP) is 4.15. The van der Waals surface area contributed by atoms with E-state index in [0.717, 1.165) is 71.1 Å². The van der Waals surface area contributed by atoms with Crippen molar-refractivity contribution < 1.29 is 9.18 Å². The first-order valence-electron chi connectivity index (χ1n) is 10.0. The van der Waals surface area contributed by atoms with E-state index in [1.807, 2.05) is 44.5 Å². The first-order chi connectivity index (χ1) is 16.0. The molecule has 180 valence electrons. The van der Waals surface area contributed by atoms with Gasteiger partial charge in [-0.25, -0.2) is 9.97 Å². The summed E-state index contributed by atoms with van der Waals surface area (Å²) in [6.45, 7) is 13.3. The van der Waals surface area contributed by atoms with Gasteiger partial charge in [0.05, 0.1) is 34.3 Å². The standard InChI is InChI=1S/C15H18N4S2.C5H10N2O.C2H2.CH3F/c1-10-5-6-14(17-7-10)18-9-20-8-13(16-4)15-11(2)19-12(3)21-15;8-5-7-3-1-6-2-4-7;2*1-2/h5-8H,4,9H2,1-3H3,(H,17,18);5-6H,1-4H2;1-2H;1H3/b13-8-;;;. The van der Waals surface area contributed by atoms with Gasteiger partial charge >= 0.3 is 0 Å². The zero-order chi connectivity index (χ0) is 25.1. The second-order valence-electron chi connectivity index (χ2n) is 6.41. The number of carbonyl (C=O) groups excluding carboxylic acids is 1. The van der Waals surface area contributed by atoms with Crippen LogP contribution < -0.4 is 10.6 Å². The number of pyridine rings is 1. The van der Waals surface area contributed by atoms with Crippen LogP contribution in [0.2, 0.25) is 0 Å². The van der Waals surface area contributed by atoms with Crippen LogP contribution >= 0.6 is 23.1 Å². The summed E-state index contributed by atoms with van der Waals surface area (Å²) < 4.78 is 9.50. The lowest BCUT2D eigenvalue weighted by Gasteiger charge is -2.22. The molecule has 3 heterocycles. The molecule has 0 bridgehead atoms. The summed E-state index contributed by atoms with van der Waals surface area (Å²) in [5.74, 6) is 1.60. The van der Waals surface area contributed by atoms with Crippen LogP contribution in [0.15, 0.2) is 28.7 Å². The Hall–Kier alpha value is -2.74. The molecule has 0 unspecified atom stereocenters. The summed E-state index contributed by atoms with van der Waals surface area (Å²) in [6, 6.07) is 4.01. The number of alkyl halides is 1. The number of aliphatic imine (C=N–C) groups is 1. The van der Waals surface area contributed by atoms with Crippen molar-refractivity contribution >= 4 is 47.7 Å². The van der Waals surface area contributed by atoms with E-state index in [1.165, 1.54) is 0 Å². The Morgan fingerprint density at radius 3 is 2.45 bits per heavy atom. The van der Waals surface area contributed by atoms with E-state index < -0.39 is 0 Å². The van der Waals surface area contributed by atoms with Crippen molar-refractivity contribution in [3.8, 4) is 12.8 Å². The summed E-state index contributed by atoms with van der Waals surface area (Å²) in [4.78, 5) is 25.7. The SMILES string of the molecule is C#C.C=N/C(=C\SCNc1ccc(C)cn1)c1sc(C)nc1C.CF.O=CN1CCNCC1. The molecule has 0 aliphatic carbocycles. The van der Waals surface area contributed by atoms with Crippen LogP contribution in [0.1, 0.15) is 21.1 Å². The Morgan fingerprint density at radius 2 is 2.00 bits per heavy atom. The second kappa shape index (κ2) is 18.8. The van der Waals surface area contributed by atoms with Crippen LogP contribution in [0.5, 0.6) is 0 Å². The van der Waals surface area contributed by atoms with Gasteiger partial charge in [0.2, 0.25) is 6.41 Å². The van der Waals surface area contributed by atoms with Gasteiger partial charge in [0.1, 0.15) is 5.82 Å². The van der Waals surface area contributed by atoms with Gasteiger partial charge in [-0.2, -0.15) is 0 Å². The van der Waals surface area contributed by atoms with Crippen molar-refractivity contribution in [1.82, 2.24) is 20.2 Å². The fraction of sp³-hybridized carbons (Fsp3) is 0.391. The number of thioether (sulfide) groups is 1. The highest BCUT2D eigenvalue weighted by Crippen LogP contribution is 2.28. The highest BCUT2D eigenvalue weighted by atomic mass is 32.2.